The first-order chi connectivity index (χ1) is 7.65. The topological polar surface area (TPSA) is 61.0 Å². The molecular formula is C12H19N3O. The molecule has 1 heterocycles. The fourth-order valence-corrected chi connectivity index (χ4v) is 1.53. The molecule has 0 unspecified atom stereocenters. The molecule has 1 aliphatic rings. The van der Waals surface area contributed by atoms with Crippen molar-refractivity contribution in [1.82, 2.24) is 9.97 Å². The van der Waals surface area contributed by atoms with Crippen LogP contribution < -0.4 is 10.5 Å². The van der Waals surface area contributed by atoms with Crippen LogP contribution in [0.4, 0.5) is 5.82 Å². The van der Waals surface area contributed by atoms with E-state index >= 15 is 0 Å². The van der Waals surface area contributed by atoms with Gasteiger partial charge >= 0.3 is 0 Å². The molecule has 0 radical (unpaired) electrons. The molecule has 2 rings (SSSR count). The minimum Gasteiger partial charge on any atom is -0.478 e. The minimum atomic E-state index is 0.272. The van der Waals surface area contributed by atoms with Gasteiger partial charge in [-0.1, -0.05) is 26.7 Å². The predicted molar refractivity (Wildman–Crippen MR) is 63.4 cm³/mol. The molecule has 88 valence electrons. The second kappa shape index (κ2) is 4.68. The summed E-state index contributed by atoms with van der Waals surface area (Å²) in [5.74, 6) is 3.00. The number of nitrogens with two attached hydrogens (primary N) is 1. The van der Waals surface area contributed by atoms with Crippen molar-refractivity contribution in [1.29, 1.82) is 0 Å². The van der Waals surface area contributed by atoms with Gasteiger partial charge in [-0.3, -0.25) is 0 Å². The van der Waals surface area contributed by atoms with Crippen LogP contribution >= 0.6 is 0 Å². The van der Waals surface area contributed by atoms with Crippen molar-refractivity contribution in [3.8, 4) is 5.88 Å². The van der Waals surface area contributed by atoms with Crippen LogP contribution in [-0.4, -0.2) is 16.6 Å². The van der Waals surface area contributed by atoms with E-state index in [1.165, 1.54) is 12.8 Å². The maximum atomic E-state index is 5.71. The normalized spacial score (nSPS) is 15.4. The summed E-state index contributed by atoms with van der Waals surface area (Å²) in [5.41, 5.74) is 5.71. The average Bonchev–Trinajstić information content (AvgIpc) is 3.01. The van der Waals surface area contributed by atoms with Crippen molar-refractivity contribution in [2.75, 3.05) is 12.3 Å². The van der Waals surface area contributed by atoms with Gasteiger partial charge in [0.15, 0.2) is 0 Å². The molecule has 0 saturated heterocycles. The predicted octanol–water partition coefficient (Wildman–Crippen LogP) is 2.36. The Morgan fingerprint density at radius 3 is 2.81 bits per heavy atom. The van der Waals surface area contributed by atoms with E-state index in [4.69, 9.17) is 10.5 Å². The summed E-state index contributed by atoms with van der Waals surface area (Å²) in [6.07, 6.45) is 3.83. The van der Waals surface area contributed by atoms with Crippen molar-refractivity contribution in [3.05, 3.63) is 11.9 Å². The van der Waals surface area contributed by atoms with Gasteiger partial charge in [-0.05, 0) is 12.3 Å². The van der Waals surface area contributed by atoms with Crippen LogP contribution in [0.1, 0.15) is 44.9 Å². The summed E-state index contributed by atoms with van der Waals surface area (Å²) in [5, 5.41) is 0. The number of ether oxygens (including phenoxy) is 1. The van der Waals surface area contributed by atoms with Gasteiger partial charge in [-0.25, -0.2) is 4.98 Å². The highest BCUT2D eigenvalue weighted by atomic mass is 16.5. The first-order valence-electron chi connectivity index (χ1n) is 5.92. The van der Waals surface area contributed by atoms with Crippen molar-refractivity contribution >= 4 is 5.82 Å². The summed E-state index contributed by atoms with van der Waals surface area (Å²) in [6.45, 7) is 4.82. The lowest BCUT2D eigenvalue weighted by atomic mass is 10.2. The van der Waals surface area contributed by atoms with Crippen LogP contribution in [0.3, 0.4) is 0 Å². The summed E-state index contributed by atoms with van der Waals surface area (Å²) in [7, 11) is 0. The van der Waals surface area contributed by atoms with E-state index in [1.54, 1.807) is 6.07 Å². The summed E-state index contributed by atoms with van der Waals surface area (Å²) in [6, 6.07) is 1.69. The van der Waals surface area contributed by atoms with E-state index in [0.29, 0.717) is 11.7 Å². The molecule has 1 saturated carbocycles. The molecule has 4 nitrogen and oxygen atoms in total. The SMILES string of the molecule is CC(C)c1nc(N)cc(OCCC2CC2)n1. The Labute approximate surface area is 96.2 Å². The van der Waals surface area contributed by atoms with Crippen LogP contribution in [0, 0.1) is 5.92 Å². The molecule has 0 aliphatic heterocycles. The van der Waals surface area contributed by atoms with Gasteiger partial charge in [0.25, 0.3) is 0 Å². The highest BCUT2D eigenvalue weighted by Crippen LogP contribution is 2.32. The highest BCUT2D eigenvalue weighted by Gasteiger charge is 2.20. The number of hydrogen-bond acceptors (Lipinski definition) is 4. The van der Waals surface area contributed by atoms with E-state index in [2.05, 4.69) is 9.97 Å². The Balaban J connectivity index is 1.95. The average molecular weight is 221 g/mol. The molecule has 0 aromatic carbocycles. The van der Waals surface area contributed by atoms with E-state index in [-0.39, 0.29) is 5.92 Å². The molecule has 0 amide bonds. The molecule has 0 atom stereocenters. The van der Waals surface area contributed by atoms with E-state index in [9.17, 15) is 0 Å². The third-order valence-corrected chi connectivity index (χ3v) is 2.73. The Bertz CT molecular complexity index is 361. The maximum Gasteiger partial charge on any atom is 0.218 e. The molecule has 4 heteroatoms. The van der Waals surface area contributed by atoms with Gasteiger partial charge < -0.3 is 10.5 Å². The smallest absolute Gasteiger partial charge is 0.218 e. The first kappa shape index (κ1) is 11.2. The van der Waals surface area contributed by atoms with Gasteiger partial charge in [-0.15, -0.1) is 0 Å². The Morgan fingerprint density at radius 2 is 2.19 bits per heavy atom. The summed E-state index contributed by atoms with van der Waals surface area (Å²) in [4.78, 5) is 8.51. The second-order valence-electron chi connectivity index (χ2n) is 4.72. The molecule has 0 bridgehead atoms. The quantitative estimate of drug-likeness (QED) is 0.829. The maximum absolute atomic E-state index is 5.71. The van der Waals surface area contributed by atoms with Crippen molar-refractivity contribution < 1.29 is 4.74 Å². The Kier molecular flexibility index (Phi) is 3.27. The lowest BCUT2D eigenvalue weighted by molar-refractivity contribution is 0.289. The molecule has 1 aromatic rings. The molecule has 1 fully saturated rings. The van der Waals surface area contributed by atoms with Gasteiger partial charge in [0.2, 0.25) is 5.88 Å². The van der Waals surface area contributed by atoms with E-state index in [0.717, 1.165) is 24.8 Å². The van der Waals surface area contributed by atoms with Crippen LogP contribution in [0.15, 0.2) is 6.07 Å². The monoisotopic (exact) mass is 221 g/mol. The number of aromatic nitrogens is 2. The highest BCUT2D eigenvalue weighted by molar-refractivity contribution is 5.33. The van der Waals surface area contributed by atoms with Crippen LogP contribution in [0.25, 0.3) is 0 Å². The number of hydrogen-bond donors (Lipinski definition) is 1. The third kappa shape index (κ3) is 3.08. The molecule has 0 spiro atoms. The standard InChI is InChI=1S/C12H19N3O/c1-8(2)12-14-10(13)7-11(15-12)16-6-5-9-3-4-9/h7-9H,3-6H2,1-2H3,(H2,13,14,15). The van der Waals surface area contributed by atoms with Crippen molar-refractivity contribution in [3.63, 3.8) is 0 Å². The van der Waals surface area contributed by atoms with Crippen LogP contribution in [0.5, 0.6) is 5.88 Å². The lowest BCUT2D eigenvalue weighted by Gasteiger charge is -2.09. The minimum absolute atomic E-state index is 0.272. The Hall–Kier alpha value is -1.32. The number of nitrogens with zero attached hydrogens (tertiary/aromatic N) is 2. The molecule has 16 heavy (non-hydrogen) atoms. The fourth-order valence-electron chi connectivity index (χ4n) is 1.53. The number of nitrogen functional groups attached to an aromatic ring is 1. The van der Waals surface area contributed by atoms with E-state index in [1.807, 2.05) is 13.8 Å². The zero-order chi connectivity index (χ0) is 11.5. The number of rotatable bonds is 5. The largest absolute Gasteiger partial charge is 0.478 e. The fraction of sp³-hybridized carbons (Fsp3) is 0.667. The summed E-state index contributed by atoms with van der Waals surface area (Å²) < 4.78 is 5.60. The molecule has 1 aromatic heterocycles. The van der Waals surface area contributed by atoms with Crippen molar-refractivity contribution in [2.45, 2.75) is 39.0 Å². The summed E-state index contributed by atoms with van der Waals surface area (Å²) >= 11 is 0. The zero-order valence-corrected chi connectivity index (χ0v) is 9.94. The van der Waals surface area contributed by atoms with Gasteiger partial charge in [0.1, 0.15) is 11.6 Å². The number of anilines is 1. The van der Waals surface area contributed by atoms with Gasteiger partial charge in [0, 0.05) is 12.0 Å². The zero-order valence-electron chi connectivity index (χ0n) is 9.94. The Morgan fingerprint density at radius 1 is 1.44 bits per heavy atom. The van der Waals surface area contributed by atoms with E-state index < -0.39 is 0 Å². The first-order valence-corrected chi connectivity index (χ1v) is 5.92. The lowest BCUT2D eigenvalue weighted by Crippen LogP contribution is -2.06. The van der Waals surface area contributed by atoms with Crippen LogP contribution in [-0.2, 0) is 0 Å². The second-order valence-corrected chi connectivity index (χ2v) is 4.72. The van der Waals surface area contributed by atoms with Crippen molar-refractivity contribution in [2.24, 2.45) is 5.92 Å². The molecular weight excluding hydrogens is 202 g/mol. The van der Waals surface area contributed by atoms with Gasteiger partial charge in [0.05, 0.1) is 6.61 Å². The van der Waals surface area contributed by atoms with Crippen LogP contribution in [0.2, 0.25) is 0 Å². The molecule has 2 N–H and O–H groups in total. The molecule has 1 aliphatic carbocycles. The third-order valence-electron chi connectivity index (χ3n) is 2.73. The van der Waals surface area contributed by atoms with Gasteiger partial charge in [-0.2, -0.15) is 4.98 Å².